The van der Waals surface area contributed by atoms with Gasteiger partial charge in [0.05, 0.1) is 6.04 Å². The molecule has 0 saturated carbocycles. The quantitative estimate of drug-likeness (QED) is 0.873. The Bertz CT molecular complexity index is 423. The summed E-state index contributed by atoms with van der Waals surface area (Å²) in [5, 5.41) is 3.85. The van der Waals surface area contributed by atoms with Crippen molar-refractivity contribution in [1.82, 2.24) is 5.32 Å². The molecule has 0 aliphatic heterocycles. The minimum Gasteiger partial charge on any atom is -0.370 e. The van der Waals surface area contributed by atoms with Crippen molar-refractivity contribution in [3.8, 4) is 0 Å². The summed E-state index contributed by atoms with van der Waals surface area (Å²) in [6.45, 7) is 1.96. The fourth-order valence-electron chi connectivity index (χ4n) is 1.55. The zero-order chi connectivity index (χ0) is 13.7. The second-order valence-electron chi connectivity index (χ2n) is 3.86. The van der Waals surface area contributed by atoms with E-state index in [4.69, 9.17) is 33.7 Å². The molecule has 1 aromatic carbocycles. The summed E-state index contributed by atoms with van der Waals surface area (Å²) < 4.78 is 4.96. The number of hydrogen-bond donors (Lipinski definition) is 2. The highest BCUT2D eigenvalue weighted by Crippen LogP contribution is 2.26. The molecule has 0 spiro atoms. The smallest absolute Gasteiger partial charge is 0.250 e. The Morgan fingerprint density at radius 1 is 1.50 bits per heavy atom. The first-order valence-electron chi connectivity index (χ1n) is 5.47. The fraction of sp³-hybridized carbons (Fsp3) is 0.417. The second kappa shape index (κ2) is 6.95. The van der Waals surface area contributed by atoms with Crippen LogP contribution in [0.15, 0.2) is 18.2 Å². The van der Waals surface area contributed by atoms with Gasteiger partial charge in [-0.05, 0) is 24.6 Å². The third-order valence-electron chi connectivity index (χ3n) is 2.58. The second-order valence-corrected chi connectivity index (χ2v) is 4.70. The van der Waals surface area contributed by atoms with E-state index in [9.17, 15) is 4.79 Å². The average Bonchev–Trinajstić information content (AvgIpc) is 2.30. The first-order chi connectivity index (χ1) is 8.49. The lowest BCUT2D eigenvalue weighted by molar-refractivity contribution is -0.131. The van der Waals surface area contributed by atoms with Gasteiger partial charge in [-0.3, -0.25) is 4.79 Å². The van der Waals surface area contributed by atoms with Gasteiger partial charge in [-0.1, -0.05) is 29.3 Å². The Balaban J connectivity index is 2.76. The molecule has 18 heavy (non-hydrogen) atoms. The summed E-state index contributed by atoms with van der Waals surface area (Å²) in [6, 6.07) is 4.89. The Kier molecular flexibility index (Phi) is 5.88. The number of benzene rings is 1. The molecule has 1 rings (SSSR count). The summed E-state index contributed by atoms with van der Waals surface area (Å²) >= 11 is 11.9. The molecule has 2 atom stereocenters. The van der Waals surface area contributed by atoms with E-state index < -0.39 is 6.10 Å². The number of hydrogen-bond acceptors (Lipinski definition) is 3. The van der Waals surface area contributed by atoms with Crippen LogP contribution in [0.25, 0.3) is 0 Å². The Morgan fingerprint density at radius 3 is 2.67 bits per heavy atom. The van der Waals surface area contributed by atoms with Gasteiger partial charge in [-0.15, -0.1) is 0 Å². The fourth-order valence-corrected chi connectivity index (χ4v) is 2.12. The maximum Gasteiger partial charge on any atom is 0.250 e. The van der Waals surface area contributed by atoms with Gasteiger partial charge in [0, 0.05) is 23.7 Å². The molecule has 6 heteroatoms. The lowest BCUT2D eigenvalue weighted by Crippen LogP contribution is -2.41. The van der Waals surface area contributed by atoms with Gasteiger partial charge in [0.25, 0.3) is 5.91 Å². The zero-order valence-corrected chi connectivity index (χ0v) is 11.8. The molecule has 4 nitrogen and oxygen atoms in total. The van der Waals surface area contributed by atoms with Crippen LogP contribution in [0.5, 0.6) is 0 Å². The maximum absolute atomic E-state index is 11.8. The molecule has 1 amide bonds. The molecule has 0 aliphatic rings. The number of ether oxygens (including phenoxy) is 1. The minimum atomic E-state index is -0.654. The molecule has 0 aromatic heterocycles. The topological polar surface area (TPSA) is 64.3 Å². The molecular weight excluding hydrogens is 275 g/mol. The van der Waals surface area contributed by atoms with Crippen molar-refractivity contribution >= 4 is 29.1 Å². The van der Waals surface area contributed by atoms with Crippen LogP contribution in [0.2, 0.25) is 10.0 Å². The van der Waals surface area contributed by atoms with Gasteiger partial charge in [-0.2, -0.15) is 0 Å². The number of nitrogens with two attached hydrogens (primary N) is 1. The van der Waals surface area contributed by atoms with E-state index in [2.05, 4.69) is 5.32 Å². The minimum absolute atomic E-state index is 0.128. The third-order valence-corrected chi connectivity index (χ3v) is 3.14. The van der Waals surface area contributed by atoms with Crippen LogP contribution in [-0.2, 0) is 9.53 Å². The number of amides is 1. The number of carbonyl (C=O) groups excluding carboxylic acids is 1. The van der Waals surface area contributed by atoms with E-state index >= 15 is 0 Å². The van der Waals surface area contributed by atoms with E-state index in [0.717, 1.165) is 5.56 Å². The maximum atomic E-state index is 11.8. The molecule has 0 aliphatic carbocycles. The monoisotopic (exact) mass is 290 g/mol. The van der Waals surface area contributed by atoms with Crippen molar-refractivity contribution in [2.24, 2.45) is 5.73 Å². The molecule has 1 aromatic rings. The van der Waals surface area contributed by atoms with Gasteiger partial charge in [-0.25, -0.2) is 0 Å². The Morgan fingerprint density at radius 2 is 2.17 bits per heavy atom. The standard InChI is InChI=1S/C12H16Cl2N2O2/c1-7(16-12(17)11(6-15)18-2)9-4-3-8(13)5-10(9)14/h3-5,7,11H,6,15H2,1-2H3,(H,16,17). The van der Waals surface area contributed by atoms with Crippen molar-refractivity contribution in [3.63, 3.8) is 0 Å². The number of methoxy groups -OCH3 is 1. The Hall–Kier alpha value is -0.810. The highest BCUT2D eigenvalue weighted by molar-refractivity contribution is 6.35. The molecule has 3 N–H and O–H groups in total. The van der Waals surface area contributed by atoms with Gasteiger partial charge in [0.2, 0.25) is 0 Å². The van der Waals surface area contributed by atoms with Crippen molar-refractivity contribution in [1.29, 1.82) is 0 Å². The van der Waals surface area contributed by atoms with Crippen molar-refractivity contribution < 1.29 is 9.53 Å². The molecular formula is C12H16Cl2N2O2. The summed E-state index contributed by atoms with van der Waals surface area (Å²) in [6.07, 6.45) is -0.654. The van der Waals surface area contributed by atoms with Crippen molar-refractivity contribution in [3.05, 3.63) is 33.8 Å². The summed E-state index contributed by atoms with van der Waals surface area (Å²) in [7, 11) is 1.44. The molecule has 100 valence electrons. The number of nitrogens with one attached hydrogen (secondary N) is 1. The van der Waals surface area contributed by atoms with Gasteiger partial charge in [0.15, 0.2) is 0 Å². The van der Waals surface area contributed by atoms with Crippen LogP contribution >= 0.6 is 23.2 Å². The first kappa shape index (κ1) is 15.2. The van der Waals surface area contributed by atoms with E-state index in [1.165, 1.54) is 7.11 Å². The predicted molar refractivity (Wildman–Crippen MR) is 72.9 cm³/mol. The summed E-state index contributed by atoms with van der Waals surface area (Å²) in [5.41, 5.74) is 6.21. The number of carbonyl (C=O) groups is 1. The summed E-state index contributed by atoms with van der Waals surface area (Å²) in [4.78, 5) is 11.8. The lowest BCUT2D eigenvalue weighted by Gasteiger charge is -2.19. The van der Waals surface area contributed by atoms with E-state index in [-0.39, 0.29) is 18.5 Å². The molecule has 0 fully saturated rings. The van der Waals surface area contributed by atoms with Crippen LogP contribution in [0.4, 0.5) is 0 Å². The van der Waals surface area contributed by atoms with Crippen LogP contribution in [0, 0.1) is 0 Å². The van der Waals surface area contributed by atoms with Crippen LogP contribution in [-0.4, -0.2) is 25.7 Å². The highest BCUT2D eigenvalue weighted by Gasteiger charge is 2.19. The molecule has 0 heterocycles. The third kappa shape index (κ3) is 3.85. The lowest BCUT2D eigenvalue weighted by atomic mass is 10.1. The van der Waals surface area contributed by atoms with E-state index in [1.807, 2.05) is 6.92 Å². The normalized spacial score (nSPS) is 14.1. The average molecular weight is 291 g/mol. The van der Waals surface area contributed by atoms with Crippen molar-refractivity contribution in [2.75, 3.05) is 13.7 Å². The highest BCUT2D eigenvalue weighted by atomic mass is 35.5. The molecule has 0 bridgehead atoms. The van der Waals surface area contributed by atoms with E-state index in [0.29, 0.717) is 10.0 Å². The van der Waals surface area contributed by atoms with Gasteiger partial charge >= 0.3 is 0 Å². The predicted octanol–water partition coefficient (Wildman–Crippen LogP) is 2.14. The van der Waals surface area contributed by atoms with Crippen LogP contribution in [0.1, 0.15) is 18.5 Å². The Labute approximate surface area is 116 Å². The number of halogens is 2. The summed E-state index contributed by atoms with van der Waals surface area (Å²) in [5.74, 6) is -0.265. The van der Waals surface area contributed by atoms with Gasteiger partial charge < -0.3 is 15.8 Å². The van der Waals surface area contributed by atoms with Gasteiger partial charge in [0.1, 0.15) is 6.10 Å². The zero-order valence-electron chi connectivity index (χ0n) is 10.2. The van der Waals surface area contributed by atoms with Crippen LogP contribution in [0.3, 0.4) is 0 Å². The molecule has 2 unspecified atom stereocenters. The largest absolute Gasteiger partial charge is 0.370 e. The molecule has 0 saturated heterocycles. The first-order valence-corrected chi connectivity index (χ1v) is 6.23. The SMILES string of the molecule is COC(CN)C(=O)NC(C)c1ccc(Cl)cc1Cl. The van der Waals surface area contributed by atoms with Crippen LogP contribution < -0.4 is 11.1 Å². The molecule has 0 radical (unpaired) electrons. The van der Waals surface area contributed by atoms with Crippen molar-refractivity contribution in [2.45, 2.75) is 19.1 Å². The van der Waals surface area contributed by atoms with E-state index in [1.54, 1.807) is 18.2 Å². The number of rotatable bonds is 5.